The van der Waals surface area contributed by atoms with Crippen LogP contribution in [0.2, 0.25) is 0 Å². The van der Waals surface area contributed by atoms with Crippen molar-refractivity contribution in [3.8, 4) is 5.75 Å². The Morgan fingerprint density at radius 1 is 0.815 bits per heavy atom. The molecule has 0 N–H and O–H groups in total. The molecule has 0 spiro atoms. The number of ether oxygens (including phenoxy) is 1. The number of carbonyl (C=O) groups is 1. The summed E-state index contributed by atoms with van der Waals surface area (Å²) in [7, 11) is -0.206. The molecule has 5 heteroatoms. The first-order valence-electron chi connectivity index (χ1n) is 8.41. The van der Waals surface area contributed by atoms with Gasteiger partial charge in [0.2, 0.25) is 0 Å². The highest BCUT2D eigenvalue weighted by molar-refractivity contribution is 14.1. The Bertz CT molecular complexity index is 902. The Labute approximate surface area is 190 Å². The fraction of sp³-hybridized carbons (Fsp3) is 0.136. The van der Waals surface area contributed by atoms with Gasteiger partial charge in [0.05, 0.1) is 10.9 Å². The van der Waals surface area contributed by atoms with Crippen molar-refractivity contribution in [3.05, 3.63) is 82.4 Å². The molecule has 0 amide bonds. The number of rotatable bonds is 5. The number of hydrogen-bond acceptors (Lipinski definition) is 2. The summed E-state index contributed by atoms with van der Waals surface area (Å²) in [6.45, 7) is 3.68. The summed E-state index contributed by atoms with van der Waals surface area (Å²) in [5, 5.41) is 0. The quantitative estimate of drug-likeness (QED) is 0.110. The summed E-state index contributed by atoms with van der Waals surface area (Å²) in [5.41, 5.74) is 0. The Morgan fingerprint density at radius 2 is 1.30 bits per heavy atom. The summed E-state index contributed by atoms with van der Waals surface area (Å²) in [4.78, 5) is 15.8. The maximum Gasteiger partial charge on any atom is 0.326 e. The maximum absolute atomic E-state index is 12.1. The number of carbonyl (C=O) groups excluding carboxylic acids is 1. The van der Waals surface area contributed by atoms with E-state index < -0.39 is 3.42 Å². The van der Waals surface area contributed by atoms with Crippen LogP contribution in [0.15, 0.2) is 93.5 Å². The zero-order chi connectivity index (χ0) is 19.4. The minimum absolute atomic E-state index is 0.206. The molecule has 0 heterocycles. The van der Waals surface area contributed by atoms with E-state index >= 15 is 0 Å². The first-order valence-corrected chi connectivity index (χ1v) is 11.8. The van der Waals surface area contributed by atoms with Gasteiger partial charge in [-0.15, -0.1) is 0 Å². The highest BCUT2D eigenvalue weighted by atomic mass is 127. The van der Waals surface area contributed by atoms with Crippen molar-refractivity contribution in [3.63, 3.8) is 0 Å². The number of benzene rings is 3. The second-order valence-electron chi connectivity index (χ2n) is 6.41. The molecule has 0 aliphatic rings. The highest BCUT2D eigenvalue weighted by Crippen LogP contribution is 2.32. The van der Waals surface area contributed by atoms with Gasteiger partial charge in [-0.1, -0.05) is 40.8 Å². The predicted octanol–water partition coefficient (Wildman–Crippen LogP) is 6.51. The van der Waals surface area contributed by atoms with Crippen LogP contribution in [0, 0.1) is 3.57 Å². The smallest absolute Gasteiger partial charge is 0.326 e. The molecule has 0 radical (unpaired) electrons. The Balaban J connectivity index is 1.93. The van der Waals surface area contributed by atoms with Crippen LogP contribution >= 0.6 is 45.2 Å². The summed E-state index contributed by atoms with van der Waals surface area (Å²) >= 11 is 4.42. The van der Waals surface area contributed by atoms with Gasteiger partial charge in [0.25, 0.3) is 0 Å². The van der Waals surface area contributed by atoms with E-state index in [0.29, 0.717) is 5.75 Å². The van der Waals surface area contributed by atoms with E-state index in [4.69, 9.17) is 4.74 Å². The standard InChI is InChI=1S/C22H19I2O2S/c1-22(2,24)21(25)26-17-10-14-20(15-11-17)27(18-6-4-3-5-7-18)19-12-8-16(23)9-13-19/h3-15H,1-2H3/q+1. The maximum atomic E-state index is 12.1. The second-order valence-corrected chi connectivity index (χ2v) is 12.4. The number of esters is 1. The van der Waals surface area contributed by atoms with E-state index in [-0.39, 0.29) is 16.9 Å². The van der Waals surface area contributed by atoms with Gasteiger partial charge >= 0.3 is 5.97 Å². The summed E-state index contributed by atoms with van der Waals surface area (Å²) in [6.07, 6.45) is 0. The lowest BCUT2D eigenvalue weighted by atomic mass is 10.2. The van der Waals surface area contributed by atoms with Crippen LogP contribution in [0.3, 0.4) is 0 Å². The van der Waals surface area contributed by atoms with Gasteiger partial charge in [-0.25, -0.2) is 0 Å². The van der Waals surface area contributed by atoms with Gasteiger partial charge in [-0.3, -0.25) is 4.79 Å². The van der Waals surface area contributed by atoms with Crippen molar-refractivity contribution in [1.29, 1.82) is 0 Å². The summed E-state index contributed by atoms with van der Waals surface area (Å²) in [6, 6.07) is 27.0. The van der Waals surface area contributed by atoms with Gasteiger partial charge in [-0.2, -0.15) is 0 Å². The molecular weight excluding hydrogens is 582 g/mol. The van der Waals surface area contributed by atoms with Crippen LogP contribution < -0.4 is 4.74 Å². The van der Waals surface area contributed by atoms with Gasteiger partial charge in [0, 0.05) is 3.57 Å². The highest BCUT2D eigenvalue weighted by Gasteiger charge is 2.29. The SMILES string of the molecule is CC(C)(I)C(=O)Oc1ccc([S+](c2ccccc2)c2ccc(I)cc2)cc1. The van der Waals surface area contributed by atoms with E-state index in [1.54, 1.807) is 0 Å². The lowest BCUT2D eigenvalue weighted by Crippen LogP contribution is -2.28. The fourth-order valence-electron chi connectivity index (χ4n) is 2.41. The first-order chi connectivity index (χ1) is 12.8. The molecule has 138 valence electrons. The molecule has 3 aromatic carbocycles. The molecule has 0 saturated heterocycles. The molecule has 1 atom stereocenters. The summed E-state index contributed by atoms with van der Waals surface area (Å²) < 4.78 is 6.17. The van der Waals surface area contributed by atoms with Crippen LogP contribution in [0.4, 0.5) is 0 Å². The van der Waals surface area contributed by atoms with Crippen LogP contribution in [-0.4, -0.2) is 9.39 Å². The zero-order valence-electron chi connectivity index (χ0n) is 15.0. The largest absolute Gasteiger partial charge is 0.426 e. The van der Waals surface area contributed by atoms with Crippen LogP contribution in [-0.2, 0) is 15.7 Å². The minimum atomic E-state index is -0.550. The molecule has 0 fully saturated rings. The normalized spacial score (nSPS) is 12.4. The van der Waals surface area contributed by atoms with Crippen molar-refractivity contribution < 1.29 is 9.53 Å². The number of alkyl halides is 1. The molecule has 0 aliphatic heterocycles. The average Bonchev–Trinajstić information content (AvgIpc) is 2.65. The lowest BCUT2D eigenvalue weighted by molar-refractivity contribution is -0.135. The van der Waals surface area contributed by atoms with Crippen LogP contribution in [0.5, 0.6) is 5.75 Å². The van der Waals surface area contributed by atoms with E-state index in [9.17, 15) is 4.79 Å². The number of halogens is 2. The van der Waals surface area contributed by atoms with Gasteiger partial charge < -0.3 is 4.74 Å². The fourth-order valence-corrected chi connectivity index (χ4v) is 4.94. The van der Waals surface area contributed by atoms with Gasteiger partial charge in [0.1, 0.15) is 9.17 Å². The van der Waals surface area contributed by atoms with Crippen molar-refractivity contribution in [2.24, 2.45) is 0 Å². The average molecular weight is 601 g/mol. The molecule has 27 heavy (non-hydrogen) atoms. The Hall–Kier alpha value is -1.06. The Morgan fingerprint density at radius 3 is 1.81 bits per heavy atom. The molecular formula is C22H19I2O2S+. The molecule has 0 saturated carbocycles. The van der Waals surface area contributed by atoms with E-state index in [1.807, 2.05) is 32.0 Å². The zero-order valence-corrected chi connectivity index (χ0v) is 20.1. The molecule has 0 aliphatic carbocycles. The first kappa shape index (κ1) is 20.7. The monoisotopic (exact) mass is 601 g/mol. The third-order valence-electron chi connectivity index (χ3n) is 3.78. The molecule has 2 nitrogen and oxygen atoms in total. The van der Waals surface area contributed by atoms with Crippen molar-refractivity contribution in [2.75, 3.05) is 0 Å². The number of hydrogen-bond donors (Lipinski definition) is 0. The molecule has 3 aromatic rings. The molecule has 1 unspecified atom stereocenters. The van der Waals surface area contributed by atoms with Crippen LogP contribution in [0.25, 0.3) is 0 Å². The van der Waals surface area contributed by atoms with Crippen molar-refractivity contribution in [1.82, 2.24) is 0 Å². The third-order valence-corrected chi connectivity index (χ3v) is 7.17. The van der Waals surface area contributed by atoms with E-state index in [1.165, 1.54) is 18.3 Å². The van der Waals surface area contributed by atoms with E-state index in [2.05, 4.69) is 106 Å². The predicted molar refractivity (Wildman–Crippen MR) is 128 cm³/mol. The van der Waals surface area contributed by atoms with E-state index in [0.717, 1.165) is 0 Å². The van der Waals surface area contributed by atoms with Gasteiger partial charge in [0.15, 0.2) is 14.7 Å². The second kappa shape index (κ2) is 8.96. The summed E-state index contributed by atoms with van der Waals surface area (Å²) in [5.74, 6) is 0.336. The third kappa shape index (κ3) is 5.48. The minimum Gasteiger partial charge on any atom is -0.426 e. The topological polar surface area (TPSA) is 26.3 Å². The Kier molecular flexibility index (Phi) is 6.86. The lowest BCUT2D eigenvalue weighted by Gasteiger charge is -2.14. The molecule has 0 aromatic heterocycles. The van der Waals surface area contributed by atoms with Crippen molar-refractivity contribution >= 4 is 62.0 Å². The van der Waals surface area contributed by atoms with Crippen LogP contribution in [0.1, 0.15) is 13.8 Å². The molecule has 3 rings (SSSR count). The molecule has 0 bridgehead atoms. The van der Waals surface area contributed by atoms with Gasteiger partial charge in [-0.05, 0) is 97.1 Å². The van der Waals surface area contributed by atoms with Crippen molar-refractivity contribution in [2.45, 2.75) is 32.0 Å².